The summed E-state index contributed by atoms with van der Waals surface area (Å²) in [4.78, 5) is 7.38. The second-order valence-corrected chi connectivity index (χ2v) is 10.4. The molecular weight excluding hydrogens is 527 g/mol. The molecule has 2 N–H and O–H groups in total. The van der Waals surface area contributed by atoms with Gasteiger partial charge in [-0.05, 0) is 37.0 Å². The third-order valence-corrected chi connectivity index (χ3v) is 7.46. The van der Waals surface area contributed by atoms with Crippen LogP contribution in [0.25, 0.3) is 0 Å². The van der Waals surface area contributed by atoms with Crippen LogP contribution in [0.4, 0.5) is 0 Å². The van der Waals surface area contributed by atoms with E-state index in [0.717, 1.165) is 57.3 Å². The zero-order valence-corrected chi connectivity index (χ0v) is 21.9. The van der Waals surface area contributed by atoms with E-state index in [1.165, 1.54) is 38.4 Å². The van der Waals surface area contributed by atoms with Crippen LogP contribution in [0.5, 0.6) is 0 Å². The number of halogens is 1. The van der Waals surface area contributed by atoms with Crippen molar-refractivity contribution in [3.8, 4) is 0 Å². The summed E-state index contributed by atoms with van der Waals surface area (Å²) in [5.41, 5.74) is 1.30. The third-order valence-electron chi connectivity index (χ3n) is 6.33. The first-order valence-corrected chi connectivity index (χ1v) is 12.9. The maximum atomic E-state index is 11.6. The monoisotopic (exact) mass is 564 g/mol. The Balaban J connectivity index is 0.00000341. The number of aliphatic imine (C=N–C) groups is 1. The van der Waals surface area contributed by atoms with Crippen molar-refractivity contribution in [3.05, 3.63) is 29.8 Å². The van der Waals surface area contributed by atoms with E-state index in [4.69, 9.17) is 4.74 Å². The Bertz CT molecular complexity index is 803. The molecule has 1 saturated heterocycles. The highest BCUT2D eigenvalue weighted by Crippen LogP contribution is 2.33. The molecule has 0 atom stereocenters. The third kappa shape index (κ3) is 7.57. The van der Waals surface area contributed by atoms with Crippen molar-refractivity contribution >= 4 is 39.8 Å². The predicted octanol–water partition coefficient (Wildman–Crippen LogP) is 2.45. The lowest BCUT2D eigenvalue weighted by Gasteiger charge is -2.48. The minimum absolute atomic E-state index is 0. The number of nitrogens with zero attached hydrogens (tertiary/aromatic N) is 2. The van der Waals surface area contributed by atoms with Gasteiger partial charge in [-0.2, -0.15) is 0 Å². The zero-order chi connectivity index (χ0) is 21.5. The van der Waals surface area contributed by atoms with Gasteiger partial charge in [0.25, 0.3) is 0 Å². The van der Waals surface area contributed by atoms with Crippen molar-refractivity contribution in [2.24, 2.45) is 4.99 Å². The molecule has 31 heavy (non-hydrogen) atoms. The number of guanidine groups is 1. The van der Waals surface area contributed by atoms with E-state index in [9.17, 15) is 8.42 Å². The number of benzene rings is 1. The molecule has 1 aromatic carbocycles. The standard InChI is InChI=1S/C22H36N4O3S.HI/c1-23-21(24-13-10-19-6-8-20(9-7-19)30(2,27)28)25-18-22(11-4-3-5-12-22)26-14-16-29-17-15-26;/h6-9H,3-5,10-18H2,1-2H3,(H2,23,24,25);1H. The number of morpholine rings is 1. The van der Waals surface area contributed by atoms with Gasteiger partial charge < -0.3 is 15.4 Å². The van der Waals surface area contributed by atoms with Crippen LogP contribution >= 0.6 is 24.0 Å². The van der Waals surface area contributed by atoms with Crippen LogP contribution in [-0.2, 0) is 21.0 Å². The van der Waals surface area contributed by atoms with Gasteiger partial charge in [-0.15, -0.1) is 24.0 Å². The average Bonchev–Trinajstić information content (AvgIpc) is 2.77. The number of ether oxygens (including phenoxy) is 1. The van der Waals surface area contributed by atoms with Gasteiger partial charge in [0.2, 0.25) is 0 Å². The Kier molecular flexibility index (Phi) is 10.5. The number of hydrogen-bond donors (Lipinski definition) is 2. The lowest BCUT2D eigenvalue weighted by molar-refractivity contribution is -0.0352. The van der Waals surface area contributed by atoms with E-state index in [0.29, 0.717) is 4.90 Å². The highest BCUT2D eigenvalue weighted by molar-refractivity contribution is 14.0. The van der Waals surface area contributed by atoms with Gasteiger partial charge in [0, 0.05) is 45.0 Å². The van der Waals surface area contributed by atoms with Crippen molar-refractivity contribution in [3.63, 3.8) is 0 Å². The number of rotatable bonds is 7. The van der Waals surface area contributed by atoms with Crippen LogP contribution in [0.3, 0.4) is 0 Å². The first kappa shape index (κ1) is 26.3. The van der Waals surface area contributed by atoms with E-state index < -0.39 is 9.84 Å². The molecule has 0 aromatic heterocycles. The molecule has 1 heterocycles. The summed E-state index contributed by atoms with van der Waals surface area (Å²) in [6.07, 6.45) is 8.39. The van der Waals surface area contributed by atoms with Gasteiger partial charge >= 0.3 is 0 Å². The Morgan fingerprint density at radius 3 is 2.32 bits per heavy atom. The first-order valence-electron chi connectivity index (χ1n) is 11.0. The van der Waals surface area contributed by atoms with Crippen molar-refractivity contribution in [2.45, 2.75) is 49.0 Å². The van der Waals surface area contributed by atoms with Crippen LogP contribution < -0.4 is 10.6 Å². The molecule has 1 saturated carbocycles. The Morgan fingerprint density at radius 2 is 1.74 bits per heavy atom. The molecule has 2 aliphatic rings. The van der Waals surface area contributed by atoms with Gasteiger partial charge in [-0.3, -0.25) is 9.89 Å². The van der Waals surface area contributed by atoms with Gasteiger partial charge in [0.1, 0.15) is 0 Å². The summed E-state index contributed by atoms with van der Waals surface area (Å²) in [6, 6.07) is 7.10. The van der Waals surface area contributed by atoms with Gasteiger partial charge in [-0.1, -0.05) is 31.4 Å². The number of nitrogens with one attached hydrogen (secondary N) is 2. The van der Waals surface area contributed by atoms with Crippen molar-refractivity contribution < 1.29 is 13.2 Å². The average molecular weight is 565 g/mol. The molecule has 3 rings (SSSR count). The highest BCUT2D eigenvalue weighted by Gasteiger charge is 2.38. The topological polar surface area (TPSA) is 83.0 Å². The maximum absolute atomic E-state index is 11.6. The quantitative estimate of drug-likeness (QED) is 0.301. The summed E-state index contributed by atoms with van der Waals surface area (Å²) in [6.45, 7) is 5.31. The largest absolute Gasteiger partial charge is 0.379 e. The second kappa shape index (κ2) is 12.4. The smallest absolute Gasteiger partial charge is 0.191 e. The summed E-state index contributed by atoms with van der Waals surface area (Å²) in [5.74, 6) is 0.820. The van der Waals surface area contributed by atoms with E-state index in [-0.39, 0.29) is 29.5 Å². The molecule has 1 aromatic rings. The molecule has 0 unspecified atom stereocenters. The van der Waals surface area contributed by atoms with Crippen LogP contribution in [-0.4, -0.2) is 77.5 Å². The van der Waals surface area contributed by atoms with Crippen LogP contribution in [0.1, 0.15) is 37.7 Å². The zero-order valence-electron chi connectivity index (χ0n) is 18.7. The fourth-order valence-corrected chi connectivity index (χ4v) is 5.18. The molecule has 0 bridgehead atoms. The Morgan fingerprint density at radius 1 is 1.10 bits per heavy atom. The summed E-state index contributed by atoms with van der Waals surface area (Å²) < 4.78 is 28.7. The minimum Gasteiger partial charge on any atom is -0.379 e. The van der Waals surface area contributed by atoms with Gasteiger partial charge in [0.05, 0.1) is 18.1 Å². The lowest BCUT2D eigenvalue weighted by Crippen LogP contribution is -2.60. The maximum Gasteiger partial charge on any atom is 0.191 e. The molecule has 0 radical (unpaired) electrons. The molecule has 1 aliphatic carbocycles. The minimum atomic E-state index is -3.15. The van der Waals surface area contributed by atoms with Gasteiger partial charge in [-0.25, -0.2) is 8.42 Å². The van der Waals surface area contributed by atoms with Crippen molar-refractivity contribution in [2.75, 3.05) is 52.7 Å². The normalized spacial score (nSPS) is 20.0. The summed E-state index contributed by atoms with van der Waals surface area (Å²) >= 11 is 0. The summed E-state index contributed by atoms with van der Waals surface area (Å²) in [5, 5.41) is 6.97. The van der Waals surface area contributed by atoms with E-state index in [1.807, 2.05) is 12.1 Å². The highest BCUT2D eigenvalue weighted by atomic mass is 127. The summed E-state index contributed by atoms with van der Waals surface area (Å²) in [7, 11) is -1.34. The number of hydrogen-bond acceptors (Lipinski definition) is 5. The molecule has 9 heteroatoms. The lowest BCUT2D eigenvalue weighted by atomic mass is 9.80. The molecule has 0 amide bonds. The molecule has 0 spiro atoms. The Labute approximate surface area is 204 Å². The van der Waals surface area contributed by atoms with Crippen LogP contribution in [0.15, 0.2) is 34.2 Å². The fourth-order valence-electron chi connectivity index (χ4n) is 4.55. The van der Waals surface area contributed by atoms with Crippen LogP contribution in [0, 0.1) is 0 Å². The van der Waals surface area contributed by atoms with Gasteiger partial charge in [0.15, 0.2) is 15.8 Å². The molecular formula is C22H37IN4O3S. The fraction of sp³-hybridized carbons (Fsp3) is 0.682. The SMILES string of the molecule is CN=C(NCCc1ccc(S(C)(=O)=O)cc1)NCC1(N2CCOCC2)CCCCC1.I. The molecule has 7 nitrogen and oxygen atoms in total. The molecule has 1 aliphatic heterocycles. The van der Waals surface area contributed by atoms with Crippen LogP contribution in [0.2, 0.25) is 0 Å². The predicted molar refractivity (Wildman–Crippen MR) is 136 cm³/mol. The first-order chi connectivity index (χ1) is 14.4. The van der Waals surface area contributed by atoms with Crippen molar-refractivity contribution in [1.29, 1.82) is 0 Å². The molecule has 2 fully saturated rings. The van der Waals surface area contributed by atoms with E-state index in [2.05, 4.69) is 20.5 Å². The van der Waals surface area contributed by atoms with Crippen molar-refractivity contribution in [1.82, 2.24) is 15.5 Å². The second-order valence-electron chi connectivity index (χ2n) is 8.40. The van der Waals surface area contributed by atoms with E-state index >= 15 is 0 Å². The van der Waals surface area contributed by atoms with E-state index in [1.54, 1.807) is 19.2 Å². The molecule has 176 valence electrons. The number of sulfone groups is 1. The Hall–Kier alpha value is -0.910.